The van der Waals surface area contributed by atoms with Gasteiger partial charge in [-0.2, -0.15) is 0 Å². The van der Waals surface area contributed by atoms with Crippen molar-refractivity contribution in [3.8, 4) is 0 Å². The van der Waals surface area contributed by atoms with E-state index < -0.39 is 0 Å². The number of nitrogens with zero attached hydrogens (tertiary/aromatic N) is 2. The Morgan fingerprint density at radius 3 is 2.83 bits per heavy atom. The Hall–Kier alpha value is -1.76. The molecule has 1 aromatic rings. The molecule has 0 aliphatic heterocycles. The second-order valence-electron chi connectivity index (χ2n) is 3.79. The molecule has 7 heteroatoms. The van der Waals surface area contributed by atoms with Crippen LogP contribution in [0, 0.1) is 6.92 Å². The summed E-state index contributed by atoms with van der Waals surface area (Å²) in [6.45, 7) is 4.59. The number of nitrogens with one attached hydrogen (secondary N) is 2. The Bertz CT molecular complexity index is 449. The number of anilines is 1. The molecule has 98 valence electrons. The number of nitrogens with two attached hydrogens (primary N) is 1. The van der Waals surface area contributed by atoms with Crippen molar-refractivity contribution in [2.24, 2.45) is 5.73 Å². The van der Waals surface area contributed by atoms with Gasteiger partial charge in [-0.15, -0.1) is 0 Å². The van der Waals surface area contributed by atoms with Gasteiger partial charge in [-0.3, -0.25) is 4.79 Å². The first-order valence-electron chi connectivity index (χ1n) is 5.69. The zero-order valence-corrected chi connectivity index (χ0v) is 11.3. The third kappa shape index (κ3) is 4.62. The fraction of sp³-hybridized carbons (Fsp3) is 0.455. The van der Waals surface area contributed by atoms with E-state index in [9.17, 15) is 4.79 Å². The van der Waals surface area contributed by atoms with E-state index in [4.69, 9.17) is 18.0 Å². The van der Waals surface area contributed by atoms with Gasteiger partial charge >= 0.3 is 0 Å². The molecule has 0 aliphatic rings. The molecule has 1 heterocycles. The molecule has 0 aliphatic carbocycles. The predicted molar refractivity (Wildman–Crippen MR) is 74.4 cm³/mol. The molecule has 4 N–H and O–H groups in total. The summed E-state index contributed by atoms with van der Waals surface area (Å²) in [7, 11) is 0. The van der Waals surface area contributed by atoms with E-state index in [1.54, 1.807) is 6.07 Å². The molecule has 0 atom stereocenters. The van der Waals surface area contributed by atoms with Crippen LogP contribution in [0.3, 0.4) is 0 Å². The van der Waals surface area contributed by atoms with Crippen molar-refractivity contribution in [2.45, 2.75) is 20.3 Å². The van der Waals surface area contributed by atoms with E-state index in [1.165, 1.54) is 0 Å². The highest BCUT2D eigenvalue weighted by Crippen LogP contribution is 2.04. The van der Waals surface area contributed by atoms with Gasteiger partial charge < -0.3 is 16.4 Å². The maximum absolute atomic E-state index is 11.4. The summed E-state index contributed by atoms with van der Waals surface area (Å²) < 4.78 is 0. The molecule has 0 fully saturated rings. The zero-order chi connectivity index (χ0) is 13.5. The Labute approximate surface area is 111 Å². The topological polar surface area (TPSA) is 92.9 Å². The highest BCUT2D eigenvalue weighted by Gasteiger charge is 2.06. The third-order valence-corrected chi connectivity index (χ3v) is 2.30. The van der Waals surface area contributed by atoms with Crippen LogP contribution >= 0.6 is 12.2 Å². The van der Waals surface area contributed by atoms with Crippen LogP contribution in [-0.4, -0.2) is 34.0 Å². The molecule has 0 bridgehead atoms. The Morgan fingerprint density at radius 1 is 1.50 bits per heavy atom. The standard InChI is InChI=1S/C11H17N5OS/c1-3-4-13-9(17)6-14-11-15-7(2)5-8(16-11)10(12)18/h5H,3-4,6H2,1-2H3,(H2,12,18)(H,13,17)(H,14,15,16). The van der Waals surface area contributed by atoms with Gasteiger partial charge in [0.25, 0.3) is 0 Å². The van der Waals surface area contributed by atoms with Crippen molar-refractivity contribution < 1.29 is 4.79 Å². The summed E-state index contributed by atoms with van der Waals surface area (Å²) in [4.78, 5) is 19.9. The summed E-state index contributed by atoms with van der Waals surface area (Å²) in [6, 6.07) is 1.70. The monoisotopic (exact) mass is 267 g/mol. The first kappa shape index (κ1) is 14.3. The minimum atomic E-state index is -0.0983. The molecular formula is C11H17N5OS. The molecule has 6 nitrogen and oxygen atoms in total. The van der Waals surface area contributed by atoms with Crippen molar-refractivity contribution in [2.75, 3.05) is 18.4 Å². The lowest BCUT2D eigenvalue weighted by atomic mass is 10.3. The number of thiocarbonyl (C=S) groups is 1. The van der Waals surface area contributed by atoms with E-state index in [-0.39, 0.29) is 17.4 Å². The Kier molecular flexibility index (Phi) is 5.44. The molecule has 1 aromatic heterocycles. The van der Waals surface area contributed by atoms with Gasteiger partial charge in [0.2, 0.25) is 11.9 Å². The average Bonchev–Trinajstić information content (AvgIpc) is 2.33. The fourth-order valence-corrected chi connectivity index (χ4v) is 1.36. The lowest BCUT2D eigenvalue weighted by molar-refractivity contribution is -0.119. The number of aromatic nitrogens is 2. The van der Waals surface area contributed by atoms with Crippen LogP contribution in [-0.2, 0) is 4.79 Å². The van der Waals surface area contributed by atoms with Gasteiger partial charge in [0, 0.05) is 12.2 Å². The minimum Gasteiger partial charge on any atom is -0.388 e. The molecule has 0 unspecified atom stereocenters. The maximum atomic E-state index is 11.4. The Balaban J connectivity index is 2.62. The lowest BCUT2D eigenvalue weighted by Crippen LogP contribution is -2.31. The molecule has 0 radical (unpaired) electrons. The summed E-state index contributed by atoms with van der Waals surface area (Å²) in [5.74, 6) is 0.253. The molecule has 1 rings (SSSR count). The van der Waals surface area contributed by atoms with Crippen LogP contribution < -0.4 is 16.4 Å². The number of amides is 1. The van der Waals surface area contributed by atoms with Crippen molar-refractivity contribution in [1.29, 1.82) is 0 Å². The van der Waals surface area contributed by atoms with Crippen molar-refractivity contribution in [1.82, 2.24) is 15.3 Å². The second-order valence-corrected chi connectivity index (χ2v) is 4.23. The molecule has 0 saturated carbocycles. The summed E-state index contributed by atoms with van der Waals surface area (Å²) >= 11 is 4.85. The third-order valence-electron chi connectivity index (χ3n) is 2.09. The van der Waals surface area contributed by atoms with Crippen LogP contribution in [0.25, 0.3) is 0 Å². The Morgan fingerprint density at radius 2 is 2.22 bits per heavy atom. The number of hydrogen-bond donors (Lipinski definition) is 3. The second kappa shape index (κ2) is 6.85. The first-order chi connectivity index (χ1) is 8.52. The fourth-order valence-electron chi connectivity index (χ4n) is 1.26. The molecule has 0 spiro atoms. The van der Waals surface area contributed by atoms with Crippen LogP contribution in [0.2, 0.25) is 0 Å². The van der Waals surface area contributed by atoms with Gasteiger partial charge in [-0.1, -0.05) is 19.1 Å². The van der Waals surface area contributed by atoms with E-state index >= 15 is 0 Å². The van der Waals surface area contributed by atoms with Gasteiger partial charge in [0.1, 0.15) is 10.7 Å². The molecule has 1 amide bonds. The molecule has 0 saturated heterocycles. The number of carbonyl (C=O) groups excluding carboxylic acids is 1. The largest absolute Gasteiger partial charge is 0.388 e. The smallest absolute Gasteiger partial charge is 0.239 e. The lowest BCUT2D eigenvalue weighted by Gasteiger charge is -2.07. The van der Waals surface area contributed by atoms with Crippen molar-refractivity contribution in [3.05, 3.63) is 17.5 Å². The van der Waals surface area contributed by atoms with Gasteiger partial charge in [-0.25, -0.2) is 9.97 Å². The number of hydrogen-bond acceptors (Lipinski definition) is 5. The van der Waals surface area contributed by atoms with Gasteiger partial charge in [0.15, 0.2) is 0 Å². The number of carbonyl (C=O) groups is 1. The molecule has 18 heavy (non-hydrogen) atoms. The quantitative estimate of drug-likeness (QED) is 0.644. The van der Waals surface area contributed by atoms with E-state index in [2.05, 4.69) is 20.6 Å². The van der Waals surface area contributed by atoms with E-state index in [1.807, 2.05) is 13.8 Å². The van der Waals surface area contributed by atoms with Crippen molar-refractivity contribution >= 4 is 29.1 Å². The van der Waals surface area contributed by atoms with Crippen molar-refractivity contribution in [3.63, 3.8) is 0 Å². The highest BCUT2D eigenvalue weighted by atomic mass is 32.1. The predicted octanol–water partition coefficient (Wildman–Crippen LogP) is 0.357. The normalized spacial score (nSPS) is 9.89. The van der Waals surface area contributed by atoms with Crippen LogP contribution in [0.1, 0.15) is 24.7 Å². The van der Waals surface area contributed by atoms with Crippen LogP contribution in [0.5, 0.6) is 0 Å². The zero-order valence-electron chi connectivity index (χ0n) is 10.5. The van der Waals surface area contributed by atoms with E-state index in [0.29, 0.717) is 18.2 Å². The van der Waals surface area contributed by atoms with E-state index in [0.717, 1.165) is 12.1 Å². The molecule has 0 aromatic carbocycles. The van der Waals surface area contributed by atoms with Crippen LogP contribution in [0.4, 0.5) is 5.95 Å². The van der Waals surface area contributed by atoms with Gasteiger partial charge in [-0.05, 0) is 19.4 Å². The first-order valence-corrected chi connectivity index (χ1v) is 6.09. The average molecular weight is 267 g/mol. The minimum absolute atomic E-state index is 0.0983. The number of rotatable bonds is 6. The van der Waals surface area contributed by atoms with Crippen LogP contribution in [0.15, 0.2) is 6.07 Å². The SMILES string of the molecule is CCCNC(=O)CNc1nc(C)cc(C(N)=S)n1. The highest BCUT2D eigenvalue weighted by molar-refractivity contribution is 7.80. The van der Waals surface area contributed by atoms with Gasteiger partial charge in [0.05, 0.1) is 6.54 Å². The summed E-state index contributed by atoms with van der Waals surface area (Å²) in [6.07, 6.45) is 0.901. The maximum Gasteiger partial charge on any atom is 0.239 e. The number of aryl methyl sites for hydroxylation is 1. The summed E-state index contributed by atoms with van der Waals surface area (Å²) in [5, 5.41) is 5.59. The molecular weight excluding hydrogens is 250 g/mol. The summed E-state index contributed by atoms with van der Waals surface area (Å²) in [5.41, 5.74) is 6.74.